The molecular weight excluding hydrogens is 263 g/mol. The molecule has 90 valence electrons. The van der Waals surface area contributed by atoms with Crippen molar-refractivity contribution in [2.24, 2.45) is 0 Å². The van der Waals surface area contributed by atoms with Gasteiger partial charge in [0, 0.05) is 25.1 Å². The van der Waals surface area contributed by atoms with Gasteiger partial charge in [0.25, 0.3) is 0 Å². The summed E-state index contributed by atoms with van der Waals surface area (Å²) in [5, 5.41) is 1.81. The van der Waals surface area contributed by atoms with Gasteiger partial charge in [-0.1, -0.05) is 23.7 Å². The Labute approximate surface area is 108 Å². The fraction of sp³-hybridized carbons (Fsp3) is 0.455. The molecule has 0 atom stereocenters. The van der Waals surface area contributed by atoms with Crippen molar-refractivity contribution in [1.29, 1.82) is 0 Å². The second-order valence-electron chi connectivity index (χ2n) is 3.46. The number of halogens is 2. The van der Waals surface area contributed by atoms with E-state index in [1.807, 2.05) is 24.3 Å². The van der Waals surface area contributed by atoms with Crippen molar-refractivity contribution in [3.05, 3.63) is 29.3 Å². The van der Waals surface area contributed by atoms with Crippen LogP contribution in [0.5, 0.6) is 0 Å². The lowest BCUT2D eigenvalue weighted by Gasteiger charge is -2.27. The molecule has 0 aliphatic heterocycles. The molecule has 0 spiro atoms. The predicted molar refractivity (Wildman–Crippen MR) is 71.0 cm³/mol. The van der Waals surface area contributed by atoms with Gasteiger partial charge in [0.2, 0.25) is 0 Å². The van der Waals surface area contributed by atoms with E-state index in [0.717, 1.165) is 22.7 Å². The van der Waals surface area contributed by atoms with Crippen LogP contribution in [-0.4, -0.2) is 28.7 Å². The van der Waals surface area contributed by atoms with E-state index in [-0.39, 0.29) is 0 Å². The third kappa shape index (κ3) is 3.21. The van der Waals surface area contributed by atoms with Crippen LogP contribution in [0, 0.1) is 0 Å². The van der Waals surface area contributed by atoms with Crippen LogP contribution in [0.3, 0.4) is 0 Å². The fourth-order valence-electron chi connectivity index (χ4n) is 1.67. The fourth-order valence-corrected chi connectivity index (χ4v) is 4.81. The summed E-state index contributed by atoms with van der Waals surface area (Å²) in [6.45, 7) is 0. The predicted octanol–water partition coefficient (Wildman–Crippen LogP) is 2.91. The van der Waals surface area contributed by atoms with Crippen LogP contribution in [-0.2, 0) is 8.85 Å². The zero-order valence-corrected chi connectivity index (χ0v) is 12.0. The highest BCUT2D eigenvalue weighted by atomic mass is 35.5. The first kappa shape index (κ1) is 14.0. The molecule has 0 bridgehead atoms. The molecule has 1 rings (SSSR count). The van der Waals surface area contributed by atoms with Crippen molar-refractivity contribution < 1.29 is 8.85 Å². The molecule has 0 heterocycles. The number of hydrogen-bond acceptors (Lipinski definition) is 2. The second-order valence-corrected chi connectivity index (χ2v) is 7.67. The normalized spacial score (nSPS) is 11.8. The van der Waals surface area contributed by atoms with E-state index >= 15 is 0 Å². The molecule has 0 aromatic heterocycles. The van der Waals surface area contributed by atoms with Crippen LogP contribution in [0.1, 0.15) is 6.42 Å². The van der Waals surface area contributed by atoms with Gasteiger partial charge in [-0.15, -0.1) is 11.6 Å². The monoisotopic (exact) mass is 278 g/mol. The van der Waals surface area contributed by atoms with E-state index in [9.17, 15) is 0 Å². The van der Waals surface area contributed by atoms with Crippen LogP contribution in [0.25, 0.3) is 0 Å². The Kier molecular flexibility index (Phi) is 5.79. The Balaban J connectivity index is 2.95. The van der Waals surface area contributed by atoms with Gasteiger partial charge in [0.1, 0.15) is 0 Å². The van der Waals surface area contributed by atoms with Crippen LogP contribution in [0.2, 0.25) is 11.1 Å². The SMILES string of the molecule is CO[Si](CCCCl)(OC)c1ccc(Cl)cc1. The lowest BCUT2D eigenvalue weighted by Crippen LogP contribution is -2.52. The zero-order valence-electron chi connectivity index (χ0n) is 9.50. The van der Waals surface area contributed by atoms with Crippen molar-refractivity contribution in [3.8, 4) is 0 Å². The van der Waals surface area contributed by atoms with Gasteiger partial charge in [-0.25, -0.2) is 0 Å². The molecule has 0 amide bonds. The van der Waals surface area contributed by atoms with E-state index < -0.39 is 8.56 Å². The summed E-state index contributed by atoms with van der Waals surface area (Å²) < 4.78 is 11.3. The molecular formula is C11H16Cl2O2Si. The molecule has 0 unspecified atom stereocenters. The van der Waals surface area contributed by atoms with Crippen LogP contribution in [0.15, 0.2) is 24.3 Å². The molecule has 0 radical (unpaired) electrons. The maximum Gasteiger partial charge on any atom is 0.372 e. The summed E-state index contributed by atoms with van der Waals surface area (Å²) >= 11 is 11.6. The zero-order chi connectivity index (χ0) is 12.0. The van der Waals surface area contributed by atoms with Gasteiger partial charge in [-0.05, 0) is 29.8 Å². The average Bonchev–Trinajstić information content (AvgIpc) is 2.33. The largest absolute Gasteiger partial charge is 0.394 e. The summed E-state index contributed by atoms with van der Waals surface area (Å²) in [5.74, 6) is 0.620. The van der Waals surface area contributed by atoms with Crippen molar-refractivity contribution >= 4 is 36.9 Å². The van der Waals surface area contributed by atoms with E-state index in [1.165, 1.54) is 0 Å². The summed E-state index contributed by atoms with van der Waals surface area (Å²) in [7, 11) is 1.08. The van der Waals surface area contributed by atoms with E-state index in [4.69, 9.17) is 32.1 Å². The standard InChI is InChI=1S/C11H16Cl2O2Si/c1-14-16(15-2,9-3-8-12)11-6-4-10(13)5-7-11/h4-7H,3,8-9H2,1-2H3. The number of rotatable bonds is 6. The number of hydrogen-bond donors (Lipinski definition) is 0. The third-order valence-corrected chi connectivity index (χ3v) is 6.65. The Bertz CT molecular complexity index is 312. The minimum atomic E-state index is -2.31. The highest BCUT2D eigenvalue weighted by Crippen LogP contribution is 2.16. The molecule has 0 saturated carbocycles. The summed E-state index contributed by atoms with van der Waals surface area (Å²) in [5.41, 5.74) is 0. The first-order valence-electron chi connectivity index (χ1n) is 5.11. The smallest absolute Gasteiger partial charge is 0.372 e. The molecule has 1 aromatic rings. The van der Waals surface area contributed by atoms with E-state index in [0.29, 0.717) is 5.88 Å². The lowest BCUT2D eigenvalue weighted by atomic mass is 10.4. The van der Waals surface area contributed by atoms with Gasteiger partial charge in [-0.3, -0.25) is 0 Å². The van der Waals surface area contributed by atoms with Crippen molar-refractivity contribution in [2.45, 2.75) is 12.5 Å². The number of benzene rings is 1. The lowest BCUT2D eigenvalue weighted by molar-refractivity contribution is 0.257. The van der Waals surface area contributed by atoms with E-state index in [2.05, 4.69) is 0 Å². The van der Waals surface area contributed by atoms with Crippen molar-refractivity contribution in [2.75, 3.05) is 20.1 Å². The highest BCUT2D eigenvalue weighted by Gasteiger charge is 2.37. The molecule has 2 nitrogen and oxygen atoms in total. The van der Waals surface area contributed by atoms with Crippen molar-refractivity contribution in [3.63, 3.8) is 0 Å². The van der Waals surface area contributed by atoms with Gasteiger partial charge in [0.15, 0.2) is 0 Å². The van der Waals surface area contributed by atoms with Gasteiger partial charge < -0.3 is 8.85 Å². The molecule has 0 saturated heterocycles. The summed E-state index contributed by atoms with van der Waals surface area (Å²) in [4.78, 5) is 0. The third-order valence-electron chi connectivity index (χ3n) is 2.58. The summed E-state index contributed by atoms with van der Waals surface area (Å²) in [6.07, 6.45) is 0.887. The number of alkyl halides is 1. The molecule has 0 fully saturated rings. The highest BCUT2D eigenvalue weighted by molar-refractivity contribution is 6.81. The molecule has 16 heavy (non-hydrogen) atoms. The van der Waals surface area contributed by atoms with Crippen molar-refractivity contribution in [1.82, 2.24) is 0 Å². The average molecular weight is 279 g/mol. The second kappa shape index (κ2) is 6.62. The molecule has 0 N–H and O–H groups in total. The minimum absolute atomic E-state index is 0.620. The molecule has 0 aliphatic rings. The first-order chi connectivity index (χ1) is 7.68. The van der Waals surface area contributed by atoms with Crippen LogP contribution in [0.4, 0.5) is 0 Å². The van der Waals surface area contributed by atoms with Gasteiger partial charge in [-0.2, -0.15) is 0 Å². The van der Waals surface area contributed by atoms with Gasteiger partial charge in [0.05, 0.1) is 0 Å². The molecule has 0 aliphatic carbocycles. The Morgan fingerprint density at radius 3 is 2.12 bits per heavy atom. The van der Waals surface area contributed by atoms with Crippen LogP contribution >= 0.6 is 23.2 Å². The van der Waals surface area contributed by atoms with Crippen LogP contribution < -0.4 is 5.19 Å². The summed E-state index contributed by atoms with van der Waals surface area (Å²) in [6, 6.07) is 8.51. The minimum Gasteiger partial charge on any atom is -0.394 e. The Hall–Kier alpha value is -0.0631. The maximum atomic E-state index is 5.87. The Morgan fingerprint density at radius 1 is 1.12 bits per heavy atom. The first-order valence-corrected chi connectivity index (χ1v) is 8.04. The van der Waals surface area contributed by atoms with Gasteiger partial charge >= 0.3 is 8.56 Å². The topological polar surface area (TPSA) is 18.5 Å². The Morgan fingerprint density at radius 2 is 1.69 bits per heavy atom. The van der Waals surface area contributed by atoms with E-state index in [1.54, 1.807) is 14.2 Å². The molecule has 1 aromatic carbocycles. The molecule has 5 heteroatoms. The quantitative estimate of drug-likeness (QED) is 0.589. The maximum absolute atomic E-state index is 5.87.